The van der Waals surface area contributed by atoms with Gasteiger partial charge >= 0.3 is 0 Å². The highest BCUT2D eigenvalue weighted by Gasteiger charge is 2.07. The third-order valence-electron chi connectivity index (χ3n) is 3.33. The maximum atomic E-state index is 11.5. The predicted octanol–water partition coefficient (Wildman–Crippen LogP) is 2.12. The highest BCUT2D eigenvalue weighted by Crippen LogP contribution is 2.18. The summed E-state index contributed by atoms with van der Waals surface area (Å²) < 4.78 is 5.20. The largest absolute Gasteiger partial charge is 0.356 e. The summed E-state index contributed by atoms with van der Waals surface area (Å²) in [7, 11) is 0. The van der Waals surface area contributed by atoms with Crippen LogP contribution in [0.4, 0.5) is 0 Å². The summed E-state index contributed by atoms with van der Waals surface area (Å²) in [4.78, 5) is 15.8. The number of nitrogens with two attached hydrogens (primary N) is 1. The van der Waals surface area contributed by atoms with Crippen molar-refractivity contribution in [1.82, 2.24) is 15.5 Å². The number of aromatic nitrogens is 2. The maximum absolute atomic E-state index is 11.5. The average Bonchev–Trinajstić information content (AvgIpc) is 3.02. The van der Waals surface area contributed by atoms with Crippen LogP contribution >= 0.6 is 12.4 Å². The number of halogens is 1. The molecule has 3 N–H and O–H groups in total. The van der Waals surface area contributed by atoms with Crippen LogP contribution in [-0.2, 0) is 17.6 Å². The molecule has 0 saturated carbocycles. The maximum Gasteiger partial charge on any atom is 0.257 e. The van der Waals surface area contributed by atoms with Gasteiger partial charge in [-0.05, 0) is 37.1 Å². The smallest absolute Gasteiger partial charge is 0.257 e. The van der Waals surface area contributed by atoms with Crippen LogP contribution < -0.4 is 11.1 Å². The zero-order valence-corrected chi connectivity index (χ0v) is 14.1. The first-order chi connectivity index (χ1) is 10.7. The van der Waals surface area contributed by atoms with Crippen LogP contribution in [0.25, 0.3) is 11.5 Å². The number of nitrogens with zero attached hydrogens (tertiary/aromatic N) is 2. The van der Waals surface area contributed by atoms with Crippen molar-refractivity contribution in [1.29, 1.82) is 0 Å². The second-order valence-electron chi connectivity index (χ2n) is 5.06. The molecule has 0 spiro atoms. The summed E-state index contributed by atoms with van der Waals surface area (Å²) in [6, 6.07) is 7.94. The molecule has 0 fully saturated rings. The Kier molecular flexibility index (Phi) is 8.29. The summed E-state index contributed by atoms with van der Waals surface area (Å²) >= 11 is 0. The van der Waals surface area contributed by atoms with Gasteiger partial charge in [0.2, 0.25) is 5.91 Å². The molecule has 0 unspecified atom stereocenters. The standard InChI is InChI=1S/C16H22N4O2.ClH/c1-2-14-19-16(22-20-14)13-7-5-12(6-8-13)9-11-18-15(21)4-3-10-17;/h5-8H,2-4,9-11,17H2,1H3,(H,18,21);1H. The number of benzene rings is 1. The van der Waals surface area contributed by atoms with Gasteiger partial charge in [0, 0.05) is 24.9 Å². The van der Waals surface area contributed by atoms with Gasteiger partial charge in [-0.25, -0.2) is 0 Å². The Bertz CT molecular complexity index is 598. The van der Waals surface area contributed by atoms with Crippen molar-refractivity contribution in [3.05, 3.63) is 35.7 Å². The molecule has 0 radical (unpaired) electrons. The molecule has 126 valence electrons. The van der Waals surface area contributed by atoms with Gasteiger partial charge in [0.15, 0.2) is 5.82 Å². The molecular weight excluding hydrogens is 316 g/mol. The molecule has 6 nitrogen and oxygen atoms in total. The summed E-state index contributed by atoms with van der Waals surface area (Å²) in [6.07, 6.45) is 2.76. The van der Waals surface area contributed by atoms with Gasteiger partial charge in [0.25, 0.3) is 5.89 Å². The van der Waals surface area contributed by atoms with Crippen molar-refractivity contribution in [2.24, 2.45) is 5.73 Å². The van der Waals surface area contributed by atoms with Crippen molar-refractivity contribution in [2.45, 2.75) is 32.6 Å². The molecule has 0 aliphatic carbocycles. The number of carbonyl (C=O) groups excluding carboxylic acids is 1. The van der Waals surface area contributed by atoms with E-state index in [2.05, 4.69) is 15.5 Å². The first kappa shape index (κ1) is 19.1. The Morgan fingerprint density at radius 1 is 1.30 bits per heavy atom. The molecule has 7 heteroatoms. The third kappa shape index (κ3) is 6.00. The summed E-state index contributed by atoms with van der Waals surface area (Å²) in [5.41, 5.74) is 7.43. The lowest BCUT2D eigenvalue weighted by atomic mass is 10.1. The molecule has 23 heavy (non-hydrogen) atoms. The predicted molar refractivity (Wildman–Crippen MR) is 91.4 cm³/mol. The molecule has 0 atom stereocenters. The first-order valence-electron chi connectivity index (χ1n) is 7.61. The quantitative estimate of drug-likeness (QED) is 0.768. The number of carbonyl (C=O) groups is 1. The topological polar surface area (TPSA) is 94.0 Å². The van der Waals surface area contributed by atoms with Crippen molar-refractivity contribution in [2.75, 3.05) is 13.1 Å². The van der Waals surface area contributed by atoms with E-state index in [1.54, 1.807) is 0 Å². The van der Waals surface area contributed by atoms with E-state index in [1.165, 1.54) is 0 Å². The normalized spacial score (nSPS) is 10.2. The monoisotopic (exact) mass is 338 g/mol. The molecule has 0 aliphatic heterocycles. The van der Waals surface area contributed by atoms with E-state index in [0.717, 1.165) is 30.4 Å². The van der Waals surface area contributed by atoms with E-state index in [4.69, 9.17) is 10.3 Å². The molecule has 1 aromatic heterocycles. The lowest BCUT2D eigenvalue weighted by Gasteiger charge is -2.05. The highest BCUT2D eigenvalue weighted by molar-refractivity contribution is 5.85. The zero-order valence-electron chi connectivity index (χ0n) is 13.2. The lowest BCUT2D eigenvalue weighted by Crippen LogP contribution is -2.25. The molecule has 1 amide bonds. The Balaban J connectivity index is 0.00000264. The van der Waals surface area contributed by atoms with Crippen molar-refractivity contribution in [3.63, 3.8) is 0 Å². The van der Waals surface area contributed by atoms with E-state index in [0.29, 0.717) is 31.2 Å². The van der Waals surface area contributed by atoms with Gasteiger partial charge < -0.3 is 15.6 Å². The molecule has 2 aromatic rings. The highest BCUT2D eigenvalue weighted by atomic mass is 35.5. The fraction of sp³-hybridized carbons (Fsp3) is 0.438. The van der Waals surface area contributed by atoms with Crippen LogP contribution in [-0.4, -0.2) is 29.1 Å². The minimum atomic E-state index is 0. The zero-order chi connectivity index (χ0) is 15.8. The van der Waals surface area contributed by atoms with Crippen LogP contribution in [0.15, 0.2) is 28.8 Å². The van der Waals surface area contributed by atoms with E-state index in [1.807, 2.05) is 31.2 Å². The van der Waals surface area contributed by atoms with E-state index in [9.17, 15) is 4.79 Å². The van der Waals surface area contributed by atoms with Crippen LogP contribution in [0.1, 0.15) is 31.2 Å². The Hall–Kier alpha value is -1.92. The Labute approximate surface area is 142 Å². The van der Waals surface area contributed by atoms with E-state index < -0.39 is 0 Å². The fourth-order valence-electron chi connectivity index (χ4n) is 2.03. The van der Waals surface area contributed by atoms with Crippen molar-refractivity contribution in [3.8, 4) is 11.5 Å². The van der Waals surface area contributed by atoms with E-state index >= 15 is 0 Å². The molecular formula is C16H23ClN4O2. The third-order valence-corrected chi connectivity index (χ3v) is 3.33. The molecule has 0 aliphatic rings. The van der Waals surface area contributed by atoms with Crippen LogP contribution in [0.5, 0.6) is 0 Å². The number of rotatable bonds is 8. The SMILES string of the molecule is CCc1noc(-c2ccc(CCNC(=O)CCCN)cc2)n1.Cl. The number of hydrogen-bond donors (Lipinski definition) is 2. The Morgan fingerprint density at radius 2 is 2.04 bits per heavy atom. The molecule has 1 aromatic carbocycles. The first-order valence-corrected chi connectivity index (χ1v) is 7.61. The molecule has 0 bridgehead atoms. The second-order valence-corrected chi connectivity index (χ2v) is 5.06. The Morgan fingerprint density at radius 3 is 2.65 bits per heavy atom. The molecule has 1 heterocycles. The second kappa shape index (κ2) is 9.97. The van der Waals surface area contributed by atoms with Crippen molar-refractivity contribution >= 4 is 18.3 Å². The summed E-state index contributed by atoms with van der Waals surface area (Å²) in [5, 5.41) is 6.77. The number of amides is 1. The number of nitrogens with one attached hydrogen (secondary N) is 1. The van der Waals surface area contributed by atoms with Gasteiger partial charge in [-0.3, -0.25) is 4.79 Å². The van der Waals surface area contributed by atoms with Gasteiger partial charge in [-0.15, -0.1) is 12.4 Å². The van der Waals surface area contributed by atoms with E-state index in [-0.39, 0.29) is 18.3 Å². The van der Waals surface area contributed by atoms with Gasteiger partial charge in [-0.2, -0.15) is 4.98 Å². The van der Waals surface area contributed by atoms with Crippen molar-refractivity contribution < 1.29 is 9.32 Å². The summed E-state index contributed by atoms with van der Waals surface area (Å²) in [6.45, 7) is 3.16. The minimum absolute atomic E-state index is 0. The average molecular weight is 339 g/mol. The molecule has 2 rings (SSSR count). The van der Waals surface area contributed by atoms with Gasteiger partial charge in [0.1, 0.15) is 0 Å². The fourth-order valence-corrected chi connectivity index (χ4v) is 2.03. The number of hydrogen-bond acceptors (Lipinski definition) is 5. The minimum Gasteiger partial charge on any atom is -0.356 e. The van der Waals surface area contributed by atoms with Crippen LogP contribution in [0.2, 0.25) is 0 Å². The van der Waals surface area contributed by atoms with Gasteiger partial charge in [-0.1, -0.05) is 24.2 Å². The summed E-state index contributed by atoms with van der Waals surface area (Å²) in [5.74, 6) is 1.30. The van der Waals surface area contributed by atoms with Gasteiger partial charge in [0.05, 0.1) is 0 Å². The number of aryl methyl sites for hydroxylation is 1. The van der Waals surface area contributed by atoms with Crippen LogP contribution in [0, 0.1) is 0 Å². The lowest BCUT2D eigenvalue weighted by molar-refractivity contribution is -0.121. The molecule has 0 saturated heterocycles. The van der Waals surface area contributed by atoms with Crippen LogP contribution in [0.3, 0.4) is 0 Å².